The van der Waals surface area contributed by atoms with Crippen LogP contribution in [0.25, 0.3) is 0 Å². The third-order valence-electron chi connectivity index (χ3n) is 2.36. The van der Waals surface area contributed by atoms with Crippen molar-refractivity contribution in [2.75, 3.05) is 11.2 Å². The van der Waals surface area contributed by atoms with Gasteiger partial charge in [-0.3, -0.25) is 15.5 Å². The van der Waals surface area contributed by atoms with E-state index in [9.17, 15) is 23.3 Å². The second-order valence-electron chi connectivity index (χ2n) is 4.10. The number of hydrazone groups is 1. The lowest BCUT2D eigenvalue weighted by molar-refractivity contribution is -0.388. The largest absolute Gasteiger partial charge is 0.573 e. The molecule has 0 aliphatic rings. The van der Waals surface area contributed by atoms with Gasteiger partial charge in [-0.15, -0.1) is 24.5 Å². The van der Waals surface area contributed by atoms with Crippen molar-refractivity contribution in [1.82, 2.24) is 4.98 Å². The predicted molar refractivity (Wildman–Crippen MR) is 85.2 cm³/mol. The summed E-state index contributed by atoms with van der Waals surface area (Å²) in [5, 5.41) is 16.7. The molecule has 128 valence electrons. The molecule has 0 atom stereocenters. The number of nitrogens with one attached hydrogen (secondary N) is 1. The first-order valence-corrected chi connectivity index (χ1v) is 7.57. The highest BCUT2D eigenvalue weighted by atomic mass is 79.9. The van der Waals surface area contributed by atoms with Gasteiger partial charge < -0.3 is 10.5 Å². The van der Waals surface area contributed by atoms with E-state index in [1.54, 1.807) is 5.38 Å². The Balaban J connectivity index is 2.27. The SMILES string of the molecule is Nc1csc(NN=Cc2cc(Br)c(OC(F)(F)F)c([N+](=O)[O-])c2)n1. The smallest absolute Gasteiger partial charge is 0.397 e. The van der Waals surface area contributed by atoms with Crippen LogP contribution in [0.2, 0.25) is 0 Å². The summed E-state index contributed by atoms with van der Waals surface area (Å²) in [5.41, 5.74) is 7.26. The molecule has 2 rings (SSSR count). The first-order chi connectivity index (χ1) is 11.2. The molecule has 24 heavy (non-hydrogen) atoms. The number of thiazole rings is 1. The zero-order chi connectivity index (χ0) is 17.9. The zero-order valence-corrected chi connectivity index (χ0v) is 13.8. The first-order valence-electron chi connectivity index (χ1n) is 5.89. The molecule has 1 aromatic heterocycles. The van der Waals surface area contributed by atoms with E-state index < -0.39 is 22.7 Å². The Morgan fingerprint density at radius 1 is 1.50 bits per heavy atom. The van der Waals surface area contributed by atoms with Gasteiger partial charge in [-0.2, -0.15) is 5.10 Å². The van der Waals surface area contributed by atoms with Crippen LogP contribution in [0.3, 0.4) is 0 Å². The topological polar surface area (TPSA) is 116 Å². The van der Waals surface area contributed by atoms with E-state index in [1.807, 2.05) is 0 Å². The molecule has 0 radical (unpaired) electrons. The minimum absolute atomic E-state index is 0.167. The first kappa shape index (κ1) is 17.9. The van der Waals surface area contributed by atoms with Crippen LogP contribution in [0, 0.1) is 10.1 Å². The molecule has 0 bridgehead atoms. The third-order valence-corrected chi connectivity index (χ3v) is 3.71. The Labute approximate surface area is 144 Å². The fourth-order valence-corrected chi connectivity index (χ4v) is 2.62. The number of hydrogen-bond donors (Lipinski definition) is 2. The molecule has 2 aromatic rings. The van der Waals surface area contributed by atoms with Gasteiger partial charge in [0.05, 0.1) is 15.6 Å². The summed E-state index contributed by atoms with van der Waals surface area (Å²) in [5.74, 6) is -0.643. The number of nitrogens with two attached hydrogens (primary N) is 1. The molecule has 8 nitrogen and oxygen atoms in total. The van der Waals surface area contributed by atoms with Gasteiger partial charge in [-0.1, -0.05) is 0 Å². The number of anilines is 2. The Bertz CT molecular complexity index is 796. The van der Waals surface area contributed by atoms with Crippen molar-refractivity contribution in [1.29, 1.82) is 0 Å². The maximum absolute atomic E-state index is 12.3. The van der Waals surface area contributed by atoms with Crippen molar-refractivity contribution in [3.05, 3.63) is 37.7 Å². The van der Waals surface area contributed by atoms with Crippen molar-refractivity contribution in [2.24, 2.45) is 5.10 Å². The number of alkyl halides is 3. The lowest BCUT2D eigenvalue weighted by Gasteiger charge is -2.11. The number of hydrogen-bond acceptors (Lipinski definition) is 8. The van der Waals surface area contributed by atoms with Gasteiger partial charge in [-0.25, -0.2) is 4.98 Å². The standard InChI is InChI=1S/C11H7BrF3N5O3S/c12-6-1-5(3-17-19-10-18-8(16)4-24-10)2-7(20(21)22)9(6)23-11(13,14)15/h1-4H,16H2,(H,18,19). The summed E-state index contributed by atoms with van der Waals surface area (Å²) in [6.07, 6.45) is -3.89. The highest BCUT2D eigenvalue weighted by Crippen LogP contribution is 2.39. The van der Waals surface area contributed by atoms with Gasteiger partial charge in [0.15, 0.2) is 0 Å². The minimum Gasteiger partial charge on any atom is -0.397 e. The number of nitrogen functional groups attached to an aromatic ring is 1. The molecule has 0 spiro atoms. The lowest BCUT2D eigenvalue weighted by atomic mass is 10.2. The normalized spacial score (nSPS) is 11.7. The Morgan fingerprint density at radius 2 is 2.21 bits per heavy atom. The molecule has 3 N–H and O–H groups in total. The number of benzene rings is 1. The average Bonchev–Trinajstić information content (AvgIpc) is 2.85. The Hall–Kier alpha value is -2.41. The van der Waals surface area contributed by atoms with E-state index in [-0.39, 0.29) is 10.0 Å². The second-order valence-corrected chi connectivity index (χ2v) is 5.82. The van der Waals surface area contributed by atoms with Gasteiger partial charge >= 0.3 is 12.0 Å². The molecule has 0 saturated heterocycles. The van der Waals surface area contributed by atoms with E-state index >= 15 is 0 Å². The number of halogens is 4. The number of nitrogens with zero attached hydrogens (tertiary/aromatic N) is 3. The van der Waals surface area contributed by atoms with Crippen molar-refractivity contribution in [3.8, 4) is 5.75 Å². The summed E-state index contributed by atoms with van der Waals surface area (Å²) < 4.78 is 40.5. The van der Waals surface area contributed by atoms with Crippen LogP contribution >= 0.6 is 27.3 Å². The molecule has 0 saturated carbocycles. The van der Waals surface area contributed by atoms with Gasteiger partial charge in [0.1, 0.15) is 5.82 Å². The van der Waals surface area contributed by atoms with Crippen molar-refractivity contribution >= 4 is 50.1 Å². The average molecular weight is 426 g/mol. The summed E-state index contributed by atoms with van der Waals surface area (Å²) in [6.45, 7) is 0. The molecule has 13 heteroatoms. The van der Waals surface area contributed by atoms with Gasteiger partial charge in [0.25, 0.3) is 0 Å². The molecule has 0 fully saturated rings. The molecule has 1 aromatic carbocycles. The summed E-state index contributed by atoms with van der Waals surface area (Å²) in [7, 11) is 0. The van der Waals surface area contributed by atoms with Crippen LogP contribution in [0.1, 0.15) is 5.56 Å². The van der Waals surface area contributed by atoms with E-state index in [4.69, 9.17) is 5.73 Å². The van der Waals surface area contributed by atoms with E-state index in [0.717, 1.165) is 6.07 Å². The van der Waals surface area contributed by atoms with Crippen LogP contribution < -0.4 is 15.9 Å². The lowest BCUT2D eigenvalue weighted by Crippen LogP contribution is -2.18. The fraction of sp³-hybridized carbons (Fsp3) is 0.0909. The maximum atomic E-state index is 12.3. The van der Waals surface area contributed by atoms with Crippen LogP contribution in [0.5, 0.6) is 5.75 Å². The molecule has 0 amide bonds. The highest BCUT2D eigenvalue weighted by Gasteiger charge is 2.36. The van der Waals surface area contributed by atoms with E-state index in [0.29, 0.717) is 10.9 Å². The minimum atomic E-state index is -5.06. The molecule has 0 unspecified atom stereocenters. The molecule has 0 aliphatic heterocycles. The predicted octanol–water partition coefficient (Wildman–Crippen LogP) is 3.74. The maximum Gasteiger partial charge on any atom is 0.573 e. The second kappa shape index (κ2) is 7.00. The van der Waals surface area contributed by atoms with Gasteiger partial charge in [0, 0.05) is 17.0 Å². The number of nitro groups is 1. The monoisotopic (exact) mass is 425 g/mol. The Morgan fingerprint density at radius 3 is 2.75 bits per heavy atom. The summed E-state index contributed by atoms with van der Waals surface area (Å²) >= 11 is 4.00. The zero-order valence-electron chi connectivity index (χ0n) is 11.4. The van der Waals surface area contributed by atoms with Crippen molar-refractivity contribution < 1.29 is 22.8 Å². The van der Waals surface area contributed by atoms with Crippen LogP contribution in [-0.4, -0.2) is 22.5 Å². The molecule has 0 aliphatic carbocycles. The number of nitro benzene ring substituents is 1. The van der Waals surface area contributed by atoms with Gasteiger partial charge in [0.2, 0.25) is 10.9 Å². The highest BCUT2D eigenvalue weighted by molar-refractivity contribution is 9.10. The number of ether oxygens (including phenoxy) is 1. The fourth-order valence-electron chi connectivity index (χ4n) is 1.53. The van der Waals surface area contributed by atoms with E-state index in [1.165, 1.54) is 23.6 Å². The van der Waals surface area contributed by atoms with Gasteiger partial charge in [-0.05, 0) is 22.0 Å². The van der Waals surface area contributed by atoms with Crippen LogP contribution in [-0.2, 0) is 0 Å². The van der Waals surface area contributed by atoms with Crippen molar-refractivity contribution in [3.63, 3.8) is 0 Å². The van der Waals surface area contributed by atoms with Crippen LogP contribution in [0.15, 0.2) is 27.1 Å². The molecule has 1 heterocycles. The Kier molecular flexibility index (Phi) is 5.23. The number of rotatable bonds is 5. The number of aromatic nitrogens is 1. The van der Waals surface area contributed by atoms with Crippen LogP contribution in [0.4, 0.5) is 29.8 Å². The van der Waals surface area contributed by atoms with Crippen molar-refractivity contribution in [2.45, 2.75) is 6.36 Å². The summed E-state index contributed by atoms with van der Waals surface area (Å²) in [6, 6.07) is 2.09. The summed E-state index contributed by atoms with van der Waals surface area (Å²) in [4.78, 5) is 13.8. The molecular formula is C11H7BrF3N5O3S. The molecular weight excluding hydrogens is 419 g/mol. The quantitative estimate of drug-likeness (QED) is 0.428. The third kappa shape index (κ3) is 4.79. The van der Waals surface area contributed by atoms with E-state index in [2.05, 4.69) is 36.2 Å².